The number of rotatable bonds is 4. The van der Waals surface area contributed by atoms with Gasteiger partial charge in [0.15, 0.2) is 0 Å². The summed E-state index contributed by atoms with van der Waals surface area (Å²) < 4.78 is 5.22. The van der Waals surface area contributed by atoms with E-state index in [-0.39, 0.29) is 0 Å². The highest BCUT2D eigenvalue weighted by atomic mass is 32.1. The van der Waals surface area contributed by atoms with Crippen molar-refractivity contribution >= 4 is 11.3 Å². The molecule has 0 spiro atoms. The minimum Gasteiger partial charge on any atom is -0.497 e. The number of nitrogens with one attached hydrogen (secondary N) is 1. The maximum atomic E-state index is 5.22. The molecule has 2 nitrogen and oxygen atoms in total. The van der Waals surface area contributed by atoms with Gasteiger partial charge in [-0.1, -0.05) is 12.1 Å². The fourth-order valence-electron chi connectivity index (χ4n) is 2.76. The fourth-order valence-corrected chi connectivity index (χ4v) is 4.16. The monoisotopic (exact) mass is 273 g/mol. The molecule has 2 aromatic rings. The Balaban J connectivity index is 1.90. The SMILES string of the molecule is CNC(c1ccc(OC)cc1)c1cc2c(s1)CCC2. The van der Waals surface area contributed by atoms with E-state index in [4.69, 9.17) is 4.74 Å². The van der Waals surface area contributed by atoms with Crippen LogP contribution in [0.2, 0.25) is 0 Å². The van der Waals surface area contributed by atoms with E-state index in [9.17, 15) is 0 Å². The van der Waals surface area contributed by atoms with Gasteiger partial charge in [0, 0.05) is 9.75 Å². The standard InChI is InChI=1S/C16H19NOS/c1-17-16(11-6-8-13(18-2)9-7-11)15-10-12-4-3-5-14(12)19-15/h6-10,16-17H,3-5H2,1-2H3. The van der Waals surface area contributed by atoms with Crippen LogP contribution < -0.4 is 10.1 Å². The van der Waals surface area contributed by atoms with E-state index in [1.54, 1.807) is 17.6 Å². The Hall–Kier alpha value is -1.32. The Bertz CT molecular complexity index is 537. The lowest BCUT2D eigenvalue weighted by atomic mass is 10.0. The first kappa shape index (κ1) is 12.7. The predicted octanol–water partition coefficient (Wildman–Crippen LogP) is 3.55. The summed E-state index contributed by atoms with van der Waals surface area (Å²) >= 11 is 1.97. The molecule has 1 aliphatic rings. The summed E-state index contributed by atoms with van der Waals surface area (Å²) in [6, 6.07) is 11.0. The molecule has 3 heteroatoms. The van der Waals surface area contributed by atoms with E-state index >= 15 is 0 Å². The molecule has 1 heterocycles. The Morgan fingerprint density at radius 2 is 2.00 bits per heavy atom. The Labute approximate surface area is 118 Å². The van der Waals surface area contributed by atoms with E-state index in [1.165, 1.54) is 29.7 Å². The molecule has 0 amide bonds. The first-order valence-electron chi connectivity index (χ1n) is 6.74. The average Bonchev–Trinajstić information content (AvgIpc) is 3.02. The second kappa shape index (κ2) is 5.35. The first-order chi connectivity index (χ1) is 9.31. The zero-order valence-electron chi connectivity index (χ0n) is 11.4. The third-order valence-electron chi connectivity index (χ3n) is 3.79. The van der Waals surface area contributed by atoms with Crippen LogP contribution in [-0.4, -0.2) is 14.2 Å². The van der Waals surface area contributed by atoms with Gasteiger partial charge in [-0.05, 0) is 55.6 Å². The van der Waals surface area contributed by atoms with Gasteiger partial charge in [0.2, 0.25) is 0 Å². The summed E-state index contributed by atoms with van der Waals surface area (Å²) in [7, 11) is 3.73. The maximum Gasteiger partial charge on any atom is 0.118 e. The van der Waals surface area contributed by atoms with Crippen molar-refractivity contribution in [1.29, 1.82) is 0 Å². The summed E-state index contributed by atoms with van der Waals surface area (Å²) in [5.41, 5.74) is 2.86. The van der Waals surface area contributed by atoms with Crippen LogP contribution in [-0.2, 0) is 12.8 Å². The van der Waals surface area contributed by atoms with Gasteiger partial charge in [-0.25, -0.2) is 0 Å². The number of hydrogen-bond donors (Lipinski definition) is 1. The normalized spacial score (nSPS) is 15.3. The van der Waals surface area contributed by atoms with Crippen LogP contribution in [0.4, 0.5) is 0 Å². The molecule has 19 heavy (non-hydrogen) atoms. The zero-order chi connectivity index (χ0) is 13.2. The lowest BCUT2D eigenvalue weighted by Crippen LogP contribution is -2.16. The number of fused-ring (bicyclic) bond motifs is 1. The number of thiophene rings is 1. The van der Waals surface area contributed by atoms with Crippen molar-refractivity contribution in [3.8, 4) is 5.75 Å². The van der Waals surface area contributed by atoms with E-state index in [0.717, 1.165) is 5.75 Å². The molecular formula is C16H19NOS. The van der Waals surface area contributed by atoms with E-state index in [1.807, 2.05) is 30.5 Å². The summed E-state index contributed by atoms with van der Waals surface area (Å²) in [5.74, 6) is 0.910. The third kappa shape index (κ3) is 2.40. The number of aryl methyl sites for hydroxylation is 2. The van der Waals surface area contributed by atoms with Crippen molar-refractivity contribution < 1.29 is 4.74 Å². The molecule has 0 saturated heterocycles. The molecule has 3 rings (SSSR count). The van der Waals surface area contributed by atoms with E-state index in [2.05, 4.69) is 23.5 Å². The van der Waals surface area contributed by atoms with Gasteiger partial charge in [-0.3, -0.25) is 0 Å². The van der Waals surface area contributed by atoms with Crippen molar-refractivity contribution in [2.75, 3.05) is 14.2 Å². The van der Waals surface area contributed by atoms with Crippen LogP contribution in [0, 0.1) is 0 Å². The molecule has 0 bridgehead atoms. The molecule has 1 aliphatic carbocycles. The summed E-state index contributed by atoms with van der Waals surface area (Å²) in [5, 5.41) is 3.43. The van der Waals surface area contributed by atoms with Crippen LogP contribution >= 0.6 is 11.3 Å². The van der Waals surface area contributed by atoms with Crippen LogP contribution in [0.3, 0.4) is 0 Å². The van der Waals surface area contributed by atoms with Crippen LogP contribution in [0.1, 0.15) is 33.3 Å². The Morgan fingerprint density at radius 3 is 2.63 bits per heavy atom. The number of hydrogen-bond acceptors (Lipinski definition) is 3. The highest BCUT2D eigenvalue weighted by Gasteiger charge is 2.20. The highest BCUT2D eigenvalue weighted by molar-refractivity contribution is 7.12. The van der Waals surface area contributed by atoms with Gasteiger partial charge >= 0.3 is 0 Å². The second-order valence-electron chi connectivity index (χ2n) is 4.95. The van der Waals surface area contributed by atoms with Crippen molar-refractivity contribution in [1.82, 2.24) is 5.32 Å². The molecular weight excluding hydrogens is 254 g/mol. The van der Waals surface area contributed by atoms with Gasteiger partial charge in [0.25, 0.3) is 0 Å². The smallest absolute Gasteiger partial charge is 0.118 e. The number of methoxy groups -OCH3 is 1. The quantitative estimate of drug-likeness (QED) is 0.919. The lowest BCUT2D eigenvalue weighted by molar-refractivity contribution is 0.414. The van der Waals surface area contributed by atoms with Gasteiger partial charge in [-0.15, -0.1) is 11.3 Å². The average molecular weight is 273 g/mol. The van der Waals surface area contributed by atoms with Gasteiger partial charge in [-0.2, -0.15) is 0 Å². The third-order valence-corrected chi connectivity index (χ3v) is 5.09. The minimum atomic E-state index is 0.293. The van der Waals surface area contributed by atoms with Crippen LogP contribution in [0.15, 0.2) is 30.3 Å². The van der Waals surface area contributed by atoms with Crippen molar-refractivity contribution in [3.63, 3.8) is 0 Å². The molecule has 1 N–H and O–H groups in total. The predicted molar refractivity (Wildman–Crippen MR) is 80.2 cm³/mol. The number of benzene rings is 1. The minimum absolute atomic E-state index is 0.293. The molecule has 1 atom stereocenters. The summed E-state index contributed by atoms with van der Waals surface area (Å²) in [6.07, 6.45) is 3.85. The molecule has 100 valence electrons. The van der Waals surface area contributed by atoms with E-state index in [0.29, 0.717) is 6.04 Å². The summed E-state index contributed by atoms with van der Waals surface area (Å²) in [6.45, 7) is 0. The Morgan fingerprint density at radius 1 is 1.21 bits per heavy atom. The van der Waals surface area contributed by atoms with Crippen molar-refractivity contribution in [2.24, 2.45) is 0 Å². The second-order valence-corrected chi connectivity index (χ2v) is 6.11. The zero-order valence-corrected chi connectivity index (χ0v) is 12.2. The molecule has 0 fully saturated rings. The van der Waals surface area contributed by atoms with Crippen molar-refractivity contribution in [2.45, 2.75) is 25.3 Å². The lowest BCUT2D eigenvalue weighted by Gasteiger charge is -2.15. The van der Waals surface area contributed by atoms with Gasteiger partial charge in [0.1, 0.15) is 5.75 Å². The highest BCUT2D eigenvalue weighted by Crippen LogP contribution is 2.36. The number of ether oxygens (including phenoxy) is 1. The first-order valence-corrected chi connectivity index (χ1v) is 7.56. The molecule has 0 aliphatic heterocycles. The fraction of sp³-hybridized carbons (Fsp3) is 0.375. The largest absolute Gasteiger partial charge is 0.497 e. The molecule has 1 aromatic carbocycles. The Kier molecular flexibility index (Phi) is 3.58. The van der Waals surface area contributed by atoms with Gasteiger partial charge < -0.3 is 10.1 Å². The van der Waals surface area contributed by atoms with Crippen molar-refractivity contribution in [3.05, 3.63) is 51.2 Å². The maximum absolute atomic E-state index is 5.22. The molecule has 1 aromatic heterocycles. The van der Waals surface area contributed by atoms with Gasteiger partial charge in [0.05, 0.1) is 13.2 Å². The molecule has 0 saturated carbocycles. The molecule has 1 unspecified atom stereocenters. The molecule has 0 radical (unpaired) electrons. The van der Waals surface area contributed by atoms with Crippen LogP contribution in [0.5, 0.6) is 5.75 Å². The van der Waals surface area contributed by atoms with E-state index < -0.39 is 0 Å². The topological polar surface area (TPSA) is 21.3 Å². The van der Waals surface area contributed by atoms with Crippen LogP contribution in [0.25, 0.3) is 0 Å². The summed E-state index contributed by atoms with van der Waals surface area (Å²) in [4.78, 5) is 3.01.